The third-order valence-electron chi connectivity index (χ3n) is 2.54. The van der Waals surface area contributed by atoms with Crippen molar-refractivity contribution in [2.75, 3.05) is 25.2 Å². The number of nitrogens with zero attached hydrogens (tertiary/aromatic N) is 1. The maximum atomic E-state index is 11.8. The lowest BCUT2D eigenvalue weighted by Crippen LogP contribution is -2.31. The van der Waals surface area contributed by atoms with Gasteiger partial charge < -0.3 is 14.7 Å². The highest BCUT2D eigenvalue weighted by Crippen LogP contribution is 2.19. The van der Waals surface area contributed by atoms with Gasteiger partial charge in [0.25, 0.3) is 5.91 Å². The first-order valence-corrected chi connectivity index (χ1v) is 5.55. The van der Waals surface area contributed by atoms with Crippen LogP contribution in [0.2, 0.25) is 0 Å². The Morgan fingerprint density at radius 2 is 1.94 bits per heavy atom. The number of hydrogen-bond donors (Lipinski definition) is 1. The molecule has 0 atom stereocenters. The number of carboxylic acids is 1. The maximum absolute atomic E-state index is 11.8. The Hall–Kier alpha value is -1.88. The second-order valence-corrected chi connectivity index (χ2v) is 4.13. The summed E-state index contributed by atoms with van der Waals surface area (Å²) in [6.45, 7) is 3.20. The standard InChI is InChI=1S/C13H17NO4/c1-9-4-5-11(10(2)6-9)14(3)12(15)7-18-8-13(16)17/h4-6H,7-8H2,1-3H3,(H,16,17). The molecule has 0 heterocycles. The molecule has 0 aliphatic carbocycles. The molecule has 0 aromatic heterocycles. The first-order valence-electron chi connectivity index (χ1n) is 5.55. The van der Waals surface area contributed by atoms with E-state index < -0.39 is 12.6 Å². The van der Waals surface area contributed by atoms with E-state index in [1.807, 2.05) is 32.0 Å². The van der Waals surface area contributed by atoms with Crippen LogP contribution in [0, 0.1) is 13.8 Å². The van der Waals surface area contributed by atoms with Gasteiger partial charge in [-0.25, -0.2) is 4.79 Å². The molecule has 0 unspecified atom stereocenters. The summed E-state index contributed by atoms with van der Waals surface area (Å²) in [5, 5.41) is 8.41. The Balaban J connectivity index is 2.65. The summed E-state index contributed by atoms with van der Waals surface area (Å²) in [4.78, 5) is 23.5. The van der Waals surface area contributed by atoms with E-state index in [-0.39, 0.29) is 12.5 Å². The van der Waals surface area contributed by atoms with Gasteiger partial charge in [0, 0.05) is 12.7 Å². The predicted octanol–water partition coefficient (Wildman–Crippen LogP) is 1.37. The van der Waals surface area contributed by atoms with Gasteiger partial charge in [-0.1, -0.05) is 17.7 Å². The summed E-state index contributed by atoms with van der Waals surface area (Å²) >= 11 is 0. The van der Waals surface area contributed by atoms with Crippen molar-refractivity contribution >= 4 is 17.6 Å². The SMILES string of the molecule is Cc1ccc(N(C)C(=O)COCC(=O)O)c(C)c1. The number of anilines is 1. The Labute approximate surface area is 106 Å². The largest absolute Gasteiger partial charge is 0.480 e. The molecule has 98 valence electrons. The van der Waals surface area contributed by atoms with Crippen molar-refractivity contribution in [1.29, 1.82) is 0 Å². The number of benzene rings is 1. The number of carboxylic acid groups (broad SMARTS) is 1. The zero-order valence-electron chi connectivity index (χ0n) is 10.8. The van der Waals surface area contributed by atoms with Crippen molar-refractivity contribution in [3.63, 3.8) is 0 Å². The highest BCUT2D eigenvalue weighted by molar-refractivity contribution is 5.94. The quantitative estimate of drug-likeness (QED) is 0.858. The van der Waals surface area contributed by atoms with Gasteiger partial charge in [-0.2, -0.15) is 0 Å². The Kier molecular flexibility index (Phi) is 4.85. The van der Waals surface area contributed by atoms with E-state index in [2.05, 4.69) is 0 Å². The second kappa shape index (κ2) is 6.16. The highest BCUT2D eigenvalue weighted by atomic mass is 16.5. The molecule has 1 amide bonds. The van der Waals surface area contributed by atoms with Crippen LogP contribution >= 0.6 is 0 Å². The molecule has 0 radical (unpaired) electrons. The monoisotopic (exact) mass is 251 g/mol. The average Bonchev–Trinajstić information content (AvgIpc) is 2.27. The predicted molar refractivity (Wildman–Crippen MR) is 67.8 cm³/mol. The van der Waals surface area contributed by atoms with Crippen molar-refractivity contribution in [2.45, 2.75) is 13.8 Å². The van der Waals surface area contributed by atoms with E-state index in [4.69, 9.17) is 9.84 Å². The molecule has 0 saturated heterocycles. The summed E-state index contributed by atoms with van der Waals surface area (Å²) in [5.41, 5.74) is 2.91. The van der Waals surface area contributed by atoms with Crippen LogP contribution in [0.3, 0.4) is 0 Å². The average molecular weight is 251 g/mol. The number of ether oxygens (including phenoxy) is 1. The molecule has 0 aliphatic rings. The summed E-state index contributed by atoms with van der Waals surface area (Å²) in [6.07, 6.45) is 0. The Morgan fingerprint density at radius 1 is 1.28 bits per heavy atom. The molecule has 0 fully saturated rings. The summed E-state index contributed by atoms with van der Waals surface area (Å²) in [7, 11) is 1.64. The van der Waals surface area contributed by atoms with Crippen LogP contribution < -0.4 is 4.90 Å². The first kappa shape index (κ1) is 14.2. The molecule has 0 saturated carbocycles. The zero-order valence-corrected chi connectivity index (χ0v) is 10.8. The van der Waals surface area contributed by atoms with Gasteiger partial charge in [0.15, 0.2) is 0 Å². The molecule has 1 aromatic rings. The normalized spacial score (nSPS) is 10.2. The summed E-state index contributed by atoms with van der Waals surface area (Å²) in [6, 6.07) is 5.77. The lowest BCUT2D eigenvalue weighted by atomic mass is 10.1. The maximum Gasteiger partial charge on any atom is 0.329 e. The number of carbonyl (C=O) groups is 2. The molecule has 1 aromatic carbocycles. The third-order valence-corrected chi connectivity index (χ3v) is 2.54. The molecule has 0 aliphatic heterocycles. The molecular weight excluding hydrogens is 234 g/mol. The van der Waals surface area contributed by atoms with Gasteiger partial charge in [0.1, 0.15) is 13.2 Å². The number of rotatable bonds is 5. The smallest absolute Gasteiger partial charge is 0.329 e. The fourth-order valence-corrected chi connectivity index (χ4v) is 1.64. The third kappa shape index (κ3) is 3.85. The number of likely N-dealkylation sites (N-methyl/N-ethyl adjacent to an activating group) is 1. The highest BCUT2D eigenvalue weighted by Gasteiger charge is 2.13. The summed E-state index contributed by atoms with van der Waals surface area (Å²) in [5.74, 6) is -1.36. The second-order valence-electron chi connectivity index (χ2n) is 4.13. The van der Waals surface area contributed by atoms with E-state index in [1.165, 1.54) is 4.90 Å². The summed E-state index contributed by atoms with van der Waals surface area (Å²) < 4.78 is 4.77. The van der Waals surface area contributed by atoms with Crippen molar-refractivity contribution in [2.24, 2.45) is 0 Å². The Morgan fingerprint density at radius 3 is 2.50 bits per heavy atom. The van der Waals surface area contributed by atoms with Gasteiger partial charge in [-0.3, -0.25) is 4.79 Å². The van der Waals surface area contributed by atoms with Gasteiger partial charge >= 0.3 is 5.97 Å². The minimum atomic E-state index is -1.09. The van der Waals surface area contributed by atoms with Gasteiger partial charge in [-0.15, -0.1) is 0 Å². The van der Waals surface area contributed by atoms with E-state index in [0.717, 1.165) is 16.8 Å². The van der Waals surface area contributed by atoms with E-state index in [9.17, 15) is 9.59 Å². The first-order chi connectivity index (χ1) is 8.41. The number of amides is 1. The van der Waals surface area contributed by atoms with Crippen LogP contribution in [0.4, 0.5) is 5.69 Å². The minimum absolute atomic E-state index is 0.240. The van der Waals surface area contributed by atoms with Crippen LogP contribution in [0.1, 0.15) is 11.1 Å². The molecule has 5 nitrogen and oxygen atoms in total. The van der Waals surface area contributed by atoms with E-state index in [0.29, 0.717) is 0 Å². The van der Waals surface area contributed by atoms with Crippen LogP contribution in [-0.4, -0.2) is 37.2 Å². The Bertz CT molecular complexity index is 456. The van der Waals surface area contributed by atoms with Crippen molar-refractivity contribution < 1.29 is 19.4 Å². The van der Waals surface area contributed by atoms with Crippen molar-refractivity contribution in [3.05, 3.63) is 29.3 Å². The molecule has 0 bridgehead atoms. The van der Waals surface area contributed by atoms with E-state index >= 15 is 0 Å². The van der Waals surface area contributed by atoms with Crippen molar-refractivity contribution in [1.82, 2.24) is 0 Å². The molecular formula is C13H17NO4. The van der Waals surface area contributed by atoms with Crippen molar-refractivity contribution in [3.8, 4) is 0 Å². The lowest BCUT2D eigenvalue weighted by Gasteiger charge is -2.19. The lowest BCUT2D eigenvalue weighted by molar-refractivity contribution is -0.143. The van der Waals surface area contributed by atoms with Crippen LogP contribution in [0.25, 0.3) is 0 Å². The fraction of sp³-hybridized carbons (Fsp3) is 0.385. The zero-order chi connectivity index (χ0) is 13.7. The van der Waals surface area contributed by atoms with Gasteiger partial charge in [-0.05, 0) is 25.5 Å². The fourth-order valence-electron chi connectivity index (χ4n) is 1.64. The number of aliphatic carboxylic acids is 1. The van der Waals surface area contributed by atoms with Crippen LogP contribution in [-0.2, 0) is 14.3 Å². The number of aryl methyl sites for hydroxylation is 2. The minimum Gasteiger partial charge on any atom is -0.480 e. The van der Waals surface area contributed by atoms with Crippen LogP contribution in [0.5, 0.6) is 0 Å². The molecule has 18 heavy (non-hydrogen) atoms. The topological polar surface area (TPSA) is 66.8 Å². The molecule has 1 rings (SSSR count). The van der Waals surface area contributed by atoms with E-state index in [1.54, 1.807) is 7.05 Å². The van der Waals surface area contributed by atoms with Gasteiger partial charge in [0.2, 0.25) is 0 Å². The number of hydrogen-bond acceptors (Lipinski definition) is 3. The van der Waals surface area contributed by atoms with Gasteiger partial charge in [0.05, 0.1) is 0 Å². The number of carbonyl (C=O) groups excluding carboxylic acids is 1. The molecule has 1 N–H and O–H groups in total. The molecule has 0 spiro atoms. The molecule has 5 heteroatoms. The van der Waals surface area contributed by atoms with Crippen LogP contribution in [0.15, 0.2) is 18.2 Å².